The summed E-state index contributed by atoms with van der Waals surface area (Å²) in [6.07, 6.45) is 0. The molecule has 0 spiro atoms. The van der Waals surface area contributed by atoms with Gasteiger partial charge in [0.1, 0.15) is 5.75 Å². The lowest BCUT2D eigenvalue weighted by atomic mass is 10.1. The minimum Gasteiger partial charge on any atom is -0.482 e. The molecule has 0 saturated heterocycles. The lowest BCUT2D eigenvalue weighted by Crippen LogP contribution is -2.41. The van der Waals surface area contributed by atoms with Crippen LogP contribution in [-0.4, -0.2) is 38.9 Å². The molecule has 166 valence electrons. The molecule has 9 heteroatoms. The van der Waals surface area contributed by atoms with Crippen LogP contribution in [0.25, 0.3) is 0 Å². The van der Waals surface area contributed by atoms with E-state index >= 15 is 0 Å². The van der Waals surface area contributed by atoms with Crippen molar-refractivity contribution in [3.8, 4) is 5.75 Å². The Hall–Kier alpha value is -3.33. The number of thioether (sulfide) groups is 1. The number of hydrogen-bond acceptors (Lipinski definition) is 6. The Bertz CT molecular complexity index is 1180. The number of carbonyl (C=O) groups is 2. The van der Waals surface area contributed by atoms with Crippen molar-refractivity contribution in [2.24, 2.45) is 7.05 Å². The summed E-state index contributed by atoms with van der Waals surface area (Å²) in [4.78, 5) is 26.7. The van der Waals surface area contributed by atoms with Gasteiger partial charge in [-0.1, -0.05) is 41.6 Å². The van der Waals surface area contributed by atoms with E-state index in [4.69, 9.17) is 4.74 Å². The number of anilines is 2. The number of amides is 2. The molecule has 1 N–H and O–H groups in total. The predicted octanol–water partition coefficient (Wildman–Crippen LogP) is 3.65. The maximum Gasteiger partial charge on any atom is 0.265 e. The second-order valence-electron chi connectivity index (χ2n) is 7.75. The monoisotopic (exact) mass is 451 g/mol. The number of ether oxygens (including phenoxy) is 1. The highest BCUT2D eigenvalue weighted by Crippen LogP contribution is 2.37. The molecular formula is C23H25N5O3S. The van der Waals surface area contributed by atoms with Gasteiger partial charge in [-0.25, -0.2) is 0 Å². The number of hydrogen-bond donors (Lipinski definition) is 1. The van der Waals surface area contributed by atoms with Gasteiger partial charge in [-0.05, 0) is 44.5 Å². The van der Waals surface area contributed by atoms with Gasteiger partial charge in [0, 0.05) is 12.7 Å². The van der Waals surface area contributed by atoms with E-state index in [1.54, 1.807) is 4.90 Å². The lowest BCUT2D eigenvalue weighted by molar-refractivity contribution is -0.121. The Morgan fingerprint density at radius 2 is 2.00 bits per heavy atom. The highest BCUT2D eigenvalue weighted by molar-refractivity contribution is 7.99. The number of fused-ring (bicyclic) bond motifs is 1. The minimum absolute atomic E-state index is 0.0145. The van der Waals surface area contributed by atoms with Crippen LogP contribution in [-0.2, 0) is 16.6 Å². The molecule has 0 radical (unpaired) electrons. The topological polar surface area (TPSA) is 89.3 Å². The van der Waals surface area contributed by atoms with Crippen molar-refractivity contribution in [1.82, 2.24) is 14.8 Å². The van der Waals surface area contributed by atoms with E-state index in [2.05, 4.69) is 15.5 Å². The molecule has 0 aliphatic carbocycles. The molecule has 0 bridgehead atoms. The fourth-order valence-electron chi connectivity index (χ4n) is 3.75. The first-order chi connectivity index (χ1) is 15.3. The number of para-hydroxylation sites is 2. The summed E-state index contributed by atoms with van der Waals surface area (Å²) in [6.45, 7) is 5.88. The first kappa shape index (κ1) is 21.9. The van der Waals surface area contributed by atoms with E-state index in [-0.39, 0.29) is 30.2 Å². The predicted molar refractivity (Wildman–Crippen MR) is 124 cm³/mol. The smallest absolute Gasteiger partial charge is 0.265 e. The number of aromatic nitrogens is 3. The third-order valence-corrected chi connectivity index (χ3v) is 6.38. The summed E-state index contributed by atoms with van der Waals surface area (Å²) in [5, 5.41) is 12.1. The van der Waals surface area contributed by atoms with Crippen LogP contribution in [0.3, 0.4) is 0 Å². The molecule has 4 rings (SSSR count). The molecule has 0 fully saturated rings. The molecule has 1 atom stereocenters. The number of benzene rings is 2. The summed E-state index contributed by atoms with van der Waals surface area (Å²) in [7, 11) is 1.84. The average molecular weight is 452 g/mol. The van der Waals surface area contributed by atoms with Crippen molar-refractivity contribution in [3.05, 3.63) is 59.4 Å². The highest BCUT2D eigenvalue weighted by atomic mass is 32.2. The maximum absolute atomic E-state index is 12.6. The molecule has 0 saturated carbocycles. The van der Waals surface area contributed by atoms with Gasteiger partial charge in [-0.15, -0.1) is 10.2 Å². The zero-order valence-corrected chi connectivity index (χ0v) is 19.3. The molecule has 2 amide bonds. The Morgan fingerprint density at radius 3 is 2.78 bits per heavy atom. The fourth-order valence-corrected chi connectivity index (χ4v) is 4.47. The van der Waals surface area contributed by atoms with Gasteiger partial charge in [0.2, 0.25) is 5.91 Å². The van der Waals surface area contributed by atoms with Gasteiger partial charge in [-0.2, -0.15) is 0 Å². The van der Waals surface area contributed by atoms with Crippen molar-refractivity contribution in [3.63, 3.8) is 0 Å². The molecule has 1 aliphatic rings. The Balaban J connectivity index is 1.45. The van der Waals surface area contributed by atoms with Crippen molar-refractivity contribution < 1.29 is 14.3 Å². The second kappa shape index (κ2) is 9.04. The quantitative estimate of drug-likeness (QED) is 0.576. The number of nitrogens with zero attached hydrogens (tertiary/aromatic N) is 4. The Morgan fingerprint density at radius 1 is 1.22 bits per heavy atom. The number of nitrogens with one attached hydrogen (secondary N) is 1. The van der Waals surface area contributed by atoms with Crippen LogP contribution in [0.4, 0.5) is 11.4 Å². The van der Waals surface area contributed by atoms with Crippen molar-refractivity contribution >= 4 is 35.0 Å². The summed E-state index contributed by atoms with van der Waals surface area (Å²) >= 11 is 1.30. The number of carbonyl (C=O) groups excluding carboxylic acids is 2. The van der Waals surface area contributed by atoms with Gasteiger partial charge in [-0.3, -0.25) is 14.5 Å². The zero-order valence-electron chi connectivity index (χ0n) is 18.5. The van der Waals surface area contributed by atoms with Crippen LogP contribution >= 0.6 is 11.8 Å². The minimum atomic E-state index is -0.344. The van der Waals surface area contributed by atoms with E-state index in [9.17, 15) is 9.59 Å². The molecular weight excluding hydrogens is 426 g/mol. The van der Waals surface area contributed by atoms with Crippen LogP contribution in [0.1, 0.15) is 29.9 Å². The summed E-state index contributed by atoms with van der Waals surface area (Å²) in [5.41, 5.74) is 3.69. The van der Waals surface area contributed by atoms with Gasteiger partial charge < -0.3 is 14.6 Å². The highest BCUT2D eigenvalue weighted by Gasteiger charge is 2.32. The van der Waals surface area contributed by atoms with E-state index in [0.717, 1.165) is 16.8 Å². The van der Waals surface area contributed by atoms with Gasteiger partial charge in [0.15, 0.2) is 17.6 Å². The number of rotatable bonds is 6. The third-order valence-electron chi connectivity index (χ3n) is 5.36. The molecule has 1 aromatic heterocycles. The van der Waals surface area contributed by atoms with Gasteiger partial charge >= 0.3 is 0 Å². The molecule has 32 heavy (non-hydrogen) atoms. The van der Waals surface area contributed by atoms with E-state index in [1.165, 1.54) is 11.8 Å². The maximum atomic E-state index is 12.6. The third kappa shape index (κ3) is 4.34. The average Bonchev–Trinajstić information content (AvgIpc) is 3.14. The van der Waals surface area contributed by atoms with E-state index in [0.29, 0.717) is 22.4 Å². The standard InChI is InChI=1S/C23H25N5O3S/c1-14-9-10-17(15(2)11-14)24-20(29)13-32-23-26-25-22(27(23)4)16(3)28-18-7-5-6-8-19(18)31-12-21(28)30/h5-11,16H,12-13H2,1-4H3,(H,24,29)/t16-/m1/s1. The largest absolute Gasteiger partial charge is 0.482 e. The van der Waals surface area contributed by atoms with Crippen LogP contribution in [0, 0.1) is 13.8 Å². The van der Waals surface area contributed by atoms with Gasteiger partial charge in [0.25, 0.3) is 5.91 Å². The van der Waals surface area contributed by atoms with Crippen LogP contribution in [0.15, 0.2) is 47.6 Å². The van der Waals surface area contributed by atoms with Crippen molar-refractivity contribution in [1.29, 1.82) is 0 Å². The zero-order chi connectivity index (χ0) is 22.8. The van der Waals surface area contributed by atoms with Crippen molar-refractivity contribution in [2.45, 2.75) is 32.0 Å². The summed E-state index contributed by atoms with van der Waals surface area (Å²) < 4.78 is 7.36. The molecule has 2 heterocycles. The molecule has 1 aliphatic heterocycles. The summed E-state index contributed by atoms with van der Waals surface area (Å²) in [5.74, 6) is 1.25. The SMILES string of the molecule is Cc1ccc(NC(=O)CSc2nnc([C@@H](C)N3C(=O)COc4ccccc43)n2C)c(C)c1. The molecule has 8 nitrogen and oxygen atoms in total. The van der Waals surface area contributed by atoms with E-state index in [1.807, 2.05) is 74.9 Å². The van der Waals surface area contributed by atoms with Gasteiger partial charge in [0.05, 0.1) is 17.5 Å². The van der Waals surface area contributed by atoms with E-state index < -0.39 is 0 Å². The first-order valence-electron chi connectivity index (χ1n) is 10.3. The Labute approximate surface area is 191 Å². The lowest BCUT2D eigenvalue weighted by Gasteiger charge is -2.33. The molecule has 3 aromatic rings. The van der Waals surface area contributed by atoms with Crippen molar-refractivity contribution in [2.75, 3.05) is 22.6 Å². The number of aryl methyl sites for hydroxylation is 2. The fraction of sp³-hybridized carbons (Fsp3) is 0.304. The van der Waals surface area contributed by atoms with Crippen LogP contribution < -0.4 is 15.0 Å². The summed E-state index contributed by atoms with van der Waals surface area (Å²) in [6, 6.07) is 13.0. The normalized spacial score (nSPS) is 14.0. The molecule has 0 unspecified atom stereocenters. The Kier molecular flexibility index (Phi) is 6.18. The second-order valence-corrected chi connectivity index (χ2v) is 8.69. The molecule has 2 aromatic carbocycles. The first-order valence-corrected chi connectivity index (χ1v) is 11.3. The van der Waals surface area contributed by atoms with Crippen LogP contribution in [0.5, 0.6) is 5.75 Å². The van der Waals surface area contributed by atoms with Crippen LogP contribution in [0.2, 0.25) is 0 Å².